The Balaban J connectivity index is 1.85. The molecule has 0 aliphatic carbocycles. The first-order valence-corrected chi connectivity index (χ1v) is 10.3. The number of aromatic hydroxyl groups is 1. The quantitative estimate of drug-likeness (QED) is 0.431. The number of hydrogen-bond donors (Lipinski definition) is 1. The average Bonchev–Trinajstić information content (AvgIpc) is 2.81. The molecule has 5 heteroatoms. The zero-order valence-electron chi connectivity index (χ0n) is 17.6. The normalized spacial score (nSPS) is 11.3. The standard InChI is InChI=1S/C26H24N2O3/c1-3-18-9-13-20(14-10-18)28-25(29)23-8-6-5-7-22(23)24(26(28)30)17-27-19-11-15-21(16-12-19)31-4-2/h5-17,30H,3-4H2,1-2H3. The molecule has 0 spiro atoms. The first kappa shape index (κ1) is 20.4. The van der Waals surface area contributed by atoms with E-state index < -0.39 is 0 Å². The lowest BCUT2D eigenvalue weighted by Gasteiger charge is -2.14. The van der Waals surface area contributed by atoms with Crippen molar-refractivity contribution in [2.24, 2.45) is 4.99 Å². The van der Waals surface area contributed by atoms with Gasteiger partial charge in [-0.3, -0.25) is 9.79 Å². The monoisotopic (exact) mass is 412 g/mol. The zero-order valence-corrected chi connectivity index (χ0v) is 17.6. The minimum Gasteiger partial charge on any atom is -0.494 e. The summed E-state index contributed by atoms with van der Waals surface area (Å²) < 4.78 is 6.80. The molecular formula is C26H24N2O3. The Morgan fingerprint density at radius 3 is 2.26 bits per heavy atom. The summed E-state index contributed by atoms with van der Waals surface area (Å²) in [6, 6.07) is 22.3. The summed E-state index contributed by atoms with van der Waals surface area (Å²) in [5.41, 5.74) is 2.71. The number of aryl methyl sites for hydroxylation is 1. The number of rotatable bonds is 6. The summed E-state index contributed by atoms with van der Waals surface area (Å²) in [6.07, 6.45) is 2.50. The van der Waals surface area contributed by atoms with Gasteiger partial charge in [0.25, 0.3) is 5.56 Å². The molecule has 0 bridgehead atoms. The van der Waals surface area contributed by atoms with Gasteiger partial charge in [-0.15, -0.1) is 0 Å². The number of benzene rings is 3. The van der Waals surface area contributed by atoms with Crippen molar-refractivity contribution in [2.75, 3.05) is 6.61 Å². The minimum atomic E-state index is -0.268. The maximum atomic E-state index is 13.2. The second-order valence-corrected chi connectivity index (χ2v) is 7.13. The van der Waals surface area contributed by atoms with E-state index in [1.807, 2.05) is 73.7 Å². The minimum absolute atomic E-state index is 0.136. The Labute approximate surface area is 180 Å². The molecule has 0 aliphatic heterocycles. The van der Waals surface area contributed by atoms with Crippen LogP contribution in [-0.4, -0.2) is 22.5 Å². The predicted molar refractivity (Wildman–Crippen MR) is 125 cm³/mol. The van der Waals surface area contributed by atoms with Crippen molar-refractivity contribution in [3.8, 4) is 17.3 Å². The third kappa shape index (κ3) is 4.08. The molecule has 0 saturated heterocycles. The molecule has 0 unspecified atom stereocenters. The van der Waals surface area contributed by atoms with Gasteiger partial charge in [0.15, 0.2) is 0 Å². The largest absolute Gasteiger partial charge is 0.494 e. The molecule has 5 nitrogen and oxygen atoms in total. The highest BCUT2D eigenvalue weighted by Gasteiger charge is 2.16. The number of ether oxygens (including phenoxy) is 1. The summed E-state index contributed by atoms with van der Waals surface area (Å²) >= 11 is 0. The molecule has 4 rings (SSSR count). The molecule has 0 fully saturated rings. The Kier molecular flexibility index (Phi) is 5.85. The first-order valence-electron chi connectivity index (χ1n) is 10.3. The molecule has 31 heavy (non-hydrogen) atoms. The number of nitrogens with zero attached hydrogens (tertiary/aromatic N) is 2. The zero-order chi connectivity index (χ0) is 21.8. The predicted octanol–water partition coefficient (Wildman–Crippen LogP) is 5.41. The lowest BCUT2D eigenvalue weighted by atomic mass is 10.1. The second kappa shape index (κ2) is 8.88. The van der Waals surface area contributed by atoms with Crippen LogP contribution in [0.4, 0.5) is 5.69 Å². The summed E-state index contributed by atoms with van der Waals surface area (Å²) in [5.74, 6) is 0.640. The van der Waals surface area contributed by atoms with Crippen LogP contribution in [0.1, 0.15) is 25.0 Å². The van der Waals surface area contributed by atoms with Crippen LogP contribution >= 0.6 is 0 Å². The van der Waals surface area contributed by atoms with E-state index in [1.54, 1.807) is 12.3 Å². The van der Waals surface area contributed by atoms with Crippen LogP contribution in [0.25, 0.3) is 16.5 Å². The van der Waals surface area contributed by atoms with Gasteiger partial charge in [-0.05, 0) is 61.4 Å². The highest BCUT2D eigenvalue weighted by molar-refractivity contribution is 6.02. The van der Waals surface area contributed by atoms with Gasteiger partial charge in [0.05, 0.1) is 23.5 Å². The molecule has 0 radical (unpaired) electrons. The first-order chi connectivity index (χ1) is 15.1. The van der Waals surface area contributed by atoms with Crippen LogP contribution in [0.15, 0.2) is 82.6 Å². The van der Waals surface area contributed by atoms with Crippen LogP contribution in [0.2, 0.25) is 0 Å². The number of hydrogen-bond acceptors (Lipinski definition) is 4. The van der Waals surface area contributed by atoms with E-state index >= 15 is 0 Å². The Hall–Kier alpha value is -3.86. The van der Waals surface area contributed by atoms with Gasteiger partial charge in [0.2, 0.25) is 5.88 Å². The van der Waals surface area contributed by atoms with Crippen molar-refractivity contribution in [1.82, 2.24) is 4.57 Å². The van der Waals surface area contributed by atoms with Crippen LogP contribution in [-0.2, 0) is 6.42 Å². The fourth-order valence-corrected chi connectivity index (χ4v) is 3.54. The number of pyridine rings is 1. The van der Waals surface area contributed by atoms with Crippen LogP contribution in [0.3, 0.4) is 0 Å². The third-order valence-electron chi connectivity index (χ3n) is 5.20. The molecule has 0 aliphatic rings. The third-order valence-corrected chi connectivity index (χ3v) is 5.20. The van der Waals surface area contributed by atoms with Gasteiger partial charge >= 0.3 is 0 Å². The number of aromatic nitrogens is 1. The Bertz CT molecular complexity index is 1290. The molecule has 1 N–H and O–H groups in total. The summed E-state index contributed by atoms with van der Waals surface area (Å²) in [5, 5.41) is 12.3. The van der Waals surface area contributed by atoms with E-state index in [0.29, 0.717) is 28.6 Å². The van der Waals surface area contributed by atoms with Crippen molar-refractivity contribution in [3.05, 3.63) is 94.3 Å². The molecule has 3 aromatic carbocycles. The molecule has 0 amide bonds. The summed E-state index contributed by atoms with van der Waals surface area (Å²) in [6.45, 7) is 4.61. The Morgan fingerprint density at radius 2 is 1.61 bits per heavy atom. The fraction of sp³-hybridized carbons (Fsp3) is 0.154. The molecule has 156 valence electrons. The van der Waals surface area contributed by atoms with Gasteiger partial charge in [0, 0.05) is 17.0 Å². The van der Waals surface area contributed by atoms with E-state index in [9.17, 15) is 9.90 Å². The second-order valence-electron chi connectivity index (χ2n) is 7.13. The lowest BCUT2D eigenvalue weighted by Crippen LogP contribution is -2.20. The van der Waals surface area contributed by atoms with Crippen molar-refractivity contribution in [2.45, 2.75) is 20.3 Å². The van der Waals surface area contributed by atoms with E-state index in [-0.39, 0.29) is 11.4 Å². The smallest absolute Gasteiger partial charge is 0.265 e. The topological polar surface area (TPSA) is 63.8 Å². The molecule has 4 aromatic rings. The SMILES string of the molecule is CCOc1ccc(N=Cc2c(O)n(-c3ccc(CC)cc3)c(=O)c3ccccc23)cc1. The van der Waals surface area contributed by atoms with Gasteiger partial charge in [0.1, 0.15) is 5.75 Å². The summed E-state index contributed by atoms with van der Waals surface area (Å²) in [4.78, 5) is 17.7. The van der Waals surface area contributed by atoms with Crippen molar-refractivity contribution < 1.29 is 9.84 Å². The van der Waals surface area contributed by atoms with Crippen LogP contribution in [0, 0.1) is 0 Å². The van der Waals surface area contributed by atoms with Crippen molar-refractivity contribution in [3.63, 3.8) is 0 Å². The Morgan fingerprint density at radius 1 is 0.935 bits per heavy atom. The van der Waals surface area contributed by atoms with Crippen LogP contribution in [0.5, 0.6) is 11.6 Å². The maximum absolute atomic E-state index is 13.2. The van der Waals surface area contributed by atoms with E-state index in [4.69, 9.17) is 4.74 Å². The summed E-state index contributed by atoms with van der Waals surface area (Å²) in [7, 11) is 0. The average molecular weight is 412 g/mol. The maximum Gasteiger partial charge on any atom is 0.265 e. The molecule has 1 heterocycles. The van der Waals surface area contributed by atoms with Gasteiger partial charge in [-0.2, -0.15) is 0 Å². The molecule has 0 saturated carbocycles. The van der Waals surface area contributed by atoms with Gasteiger partial charge in [-0.1, -0.05) is 37.3 Å². The fourth-order valence-electron chi connectivity index (χ4n) is 3.54. The van der Waals surface area contributed by atoms with E-state index in [1.165, 1.54) is 4.57 Å². The highest BCUT2D eigenvalue weighted by Crippen LogP contribution is 2.27. The van der Waals surface area contributed by atoms with Crippen LogP contribution < -0.4 is 10.3 Å². The lowest BCUT2D eigenvalue weighted by molar-refractivity contribution is 0.340. The van der Waals surface area contributed by atoms with E-state index in [0.717, 1.165) is 23.4 Å². The molecule has 0 atom stereocenters. The van der Waals surface area contributed by atoms with E-state index in [2.05, 4.69) is 11.9 Å². The number of fused-ring (bicyclic) bond motifs is 1. The van der Waals surface area contributed by atoms with Gasteiger partial charge in [-0.25, -0.2) is 4.57 Å². The molecular weight excluding hydrogens is 388 g/mol. The van der Waals surface area contributed by atoms with Crippen molar-refractivity contribution >= 4 is 22.7 Å². The van der Waals surface area contributed by atoms with Crippen molar-refractivity contribution in [1.29, 1.82) is 0 Å². The highest BCUT2D eigenvalue weighted by atomic mass is 16.5. The van der Waals surface area contributed by atoms with Gasteiger partial charge < -0.3 is 9.84 Å². The number of aliphatic imine (C=N–C) groups is 1. The molecule has 1 aromatic heterocycles.